The van der Waals surface area contributed by atoms with Gasteiger partial charge in [-0.3, -0.25) is 14.3 Å². The predicted molar refractivity (Wildman–Crippen MR) is 87.3 cm³/mol. The Kier molecular flexibility index (Phi) is 4.28. The van der Waals surface area contributed by atoms with E-state index in [2.05, 4.69) is 5.10 Å². The number of benzene rings is 1. The summed E-state index contributed by atoms with van der Waals surface area (Å²) in [5, 5.41) is 4.22. The molecule has 0 aliphatic carbocycles. The summed E-state index contributed by atoms with van der Waals surface area (Å²) in [7, 11) is 1.81. The first-order valence-electron chi connectivity index (χ1n) is 7.95. The zero-order valence-electron chi connectivity index (χ0n) is 13.5. The smallest absolute Gasteiger partial charge is 0.257 e. The minimum absolute atomic E-state index is 0.0106. The number of nitrogens with zero attached hydrogens (tertiary/aromatic N) is 3. The molecule has 5 heteroatoms. The maximum absolute atomic E-state index is 12.6. The average Bonchev–Trinajstić information content (AvgIpc) is 2.93. The van der Waals surface area contributed by atoms with Gasteiger partial charge in [-0.25, -0.2) is 0 Å². The number of carbonyl (C=O) groups is 2. The summed E-state index contributed by atoms with van der Waals surface area (Å²) in [5.74, 6) is 0.216. The van der Waals surface area contributed by atoms with Crippen LogP contribution < -0.4 is 0 Å². The molecule has 1 saturated heterocycles. The minimum atomic E-state index is 0.0106. The van der Waals surface area contributed by atoms with Crippen molar-refractivity contribution < 1.29 is 9.59 Å². The standard InChI is InChI=1S/C18H21N3O2/c1-13-16(12-20(2)19-13)18(23)21-10-8-15(9-11-21)17(22)14-6-4-3-5-7-14/h3-7,12,15H,8-11H2,1-2H3. The second-order valence-corrected chi connectivity index (χ2v) is 6.10. The number of aromatic nitrogens is 2. The molecule has 2 heterocycles. The molecule has 0 N–H and O–H groups in total. The van der Waals surface area contributed by atoms with Crippen LogP contribution in [0.1, 0.15) is 39.3 Å². The van der Waals surface area contributed by atoms with E-state index in [4.69, 9.17) is 0 Å². The molecule has 5 nitrogen and oxygen atoms in total. The number of carbonyl (C=O) groups excluding carboxylic acids is 2. The van der Waals surface area contributed by atoms with E-state index in [0.717, 1.165) is 24.1 Å². The lowest BCUT2D eigenvalue weighted by Crippen LogP contribution is -2.40. The molecule has 1 aliphatic heterocycles. The van der Waals surface area contributed by atoms with Crippen LogP contribution in [0, 0.1) is 12.8 Å². The Bertz CT molecular complexity index is 713. The van der Waals surface area contributed by atoms with Gasteiger partial charge in [0.1, 0.15) is 0 Å². The summed E-state index contributed by atoms with van der Waals surface area (Å²) in [5.41, 5.74) is 2.17. The number of piperidine rings is 1. The van der Waals surface area contributed by atoms with Crippen molar-refractivity contribution in [2.24, 2.45) is 13.0 Å². The first kappa shape index (κ1) is 15.5. The molecule has 0 radical (unpaired) electrons. The Morgan fingerprint density at radius 3 is 2.35 bits per heavy atom. The van der Waals surface area contributed by atoms with E-state index >= 15 is 0 Å². The van der Waals surface area contributed by atoms with Crippen LogP contribution in [0.5, 0.6) is 0 Å². The van der Waals surface area contributed by atoms with Crippen LogP contribution in [0.2, 0.25) is 0 Å². The molecule has 0 bridgehead atoms. The highest BCUT2D eigenvalue weighted by atomic mass is 16.2. The highest BCUT2D eigenvalue weighted by molar-refractivity contribution is 5.98. The summed E-state index contributed by atoms with van der Waals surface area (Å²) >= 11 is 0. The van der Waals surface area contributed by atoms with Crippen LogP contribution >= 0.6 is 0 Å². The van der Waals surface area contributed by atoms with Crippen molar-refractivity contribution in [3.63, 3.8) is 0 Å². The fourth-order valence-corrected chi connectivity index (χ4v) is 3.16. The number of hydrogen-bond donors (Lipinski definition) is 0. The van der Waals surface area contributed by atoms with Crippen molar-refractivity contribution in [2.75, 3.05) is 13.1 Å². The topological polar surface area (TPSA) is 55.2 Å². The molecular weight excluding hydrogens is 290 g/mol. The molecular formula is C18H21N3O2. The van der Waals surface area contributed by atoms with Crippen LogP contribution in [0.3, 0.4) is 0 Å². The monoisotopic (exact) mass is 311 g/mol. The minimum Gasteiger partial charge on any atom is -0.338 e. The van der Waals surface area contributed by atoms with E-state index < -0.39 is 0 Å². The van der Waals surface area contributed by atoms with Crippen molar-refractivity contribution >= 4 is 11.7 Å². The molecule has 1 fully saturated rings. The van der Waals surface area contributed by atoms with Gasteiger partial charge in [0.25, 0.3) is 5.91 Å². The van der Waals surface area contributed by atoms with Crippen molar-refractivity contribution in [2.45, 2.75) is 19.8 Å². The third-order valence-electron chi connectivity index (χ3n) is 4.46. The lowest BCUT2D eigenvalue weighted by atomic mass is 9.88. The van der Waals surface area contributed by atoms with Gasteiger partial charge in [-0.1, -0.05) is 30.3 Å². The summed E-state index contributed by atoms with van der Waals surface area (Å²) in [6.45, 7) is 3.09. The Hall–Kier alpha value is -2.43. The molecule has 0 spiro atoms. The van der Waals surface area contributed by atoms with Gasteiger partial charge in [0.05, 0.1) is 11.3 Å². The van der Waals surface area contributed by atoms with Gasteiger partial charge < -0.3 is 4.90 Å². The molecule has 0 saturated carbocycles. The van der Waals surface area contributed by atoms with Crippen LogP contribution in [0.4, 0.5) is 0 Å². The van der Waals surface area contributed by atoms with E-state index in [1.807, 2.05) is 49.2 Å². The molecule has 120 valence electrons. The van der Waals surface area contributed by atoms with Gasteiger partial charge >= 0.3 is 0 Å². The number of amides is 1. The Balaban J connectivity index is 1.63. The van der Waals surface area contributed by atoms with E-state index in [1.165, 1.54) is 0 Å². The lowest BCUT2D eigenvalue weighted by Gasteiger charge is -2.31. The molecule has 1 aromatic carbocycles. The molecule has 0 atom stereocenters. The highest BCUT2D eigenvalue weighted by Crippen LogP contribution is 2.23. The predicted octanol–water partition coefficient (Wildman–Crippen LogP) is 2.46. The van der Waals surface area contributed by atoms with Gasteiger partial charge in [0.15, 0.2) is 5.78 Å². The van der Waals surface area contributed by atoms with E-state index in [9.17, 15) is 9.59 Å². The summed E-state index contributed by atoms with van der Waals surface area (Å²) < 4.78 is 1.66. The highest BCUT2D eigenvalue weighted by Gasteiger charge is 2.29. The van der Waals surface area contributed by atoms with Crippen LogP contribution in [0.15, 0.2) is 36.5 Å². The lowest BCUT2D eigenvalue weighted by molar-refractivity contribution is 0.0649. The van der Waals surface area contributed by atoms with E-state index in [0.29, 0.717) is 18.7 Å². The fraction of sp³-hybridized carbons (Fsp3) is 0.389. The zero-order valence-corrected chi connectivity index (χ0v) is 13.5. The SMILES string of the molecule is Cc1nn(C)cc1C(=O)N1CCC(C(=O)c2ccccc2)CC1. The molecule has 1 amide bonds. The third kappa shape index (κ3) is 3.18. The summed E-state index contributed by atoms with van der Waals surface area (Å²) in [6, 6.07) is 9.40. The average molecular weight is 311 g/mol. The number of hydrogen-bond acceptors (Lipinski definition) is 3. The quantitative estimate of drug-likeness (QED) is 0.818. The molecule has 3 rings (SSSR count). The van der Waals surface area contributed by atoms with Gasteiger partial charge in [-0.05, 0) is 19.8 Å². The third-order valence-corrected chi connectivity index (χ3v) is 4.46. The van der Waals surface area contributed by atoms with Gasteiger partial charge in [-0.15, -0.1) is 0 Å². The Morgan fingerprint density at radius 1 is 1.13 bits per heavy atom. The zero-order chi connectivity index (χ0) is 16.4. The van der Waals surface area contributed by atoms with Crippen molar-refractivity contribution in [1.82, 2.24) is 14.7 Å². The molecule has 1 aliphatic rings. The number of rotatable bonds is 3. The van der Waals surface area contributed by atoms with Gasteiger partial charge in [0, 0.05) is 37.8 Å². The number of Topliss-reactive ketones (excluding diaryl/α,β-unsaturated/α-hetero) is 1. The Labute approximate surface area is 135 Å². The summed E-state index contributed by atoms with van der Waals surface area (Å²) in [4.78, 5) is 26.9. The largest absolute Gasteiger partial charge is 0.338 e. The van der Waals surface area contributed by atoms with Gasteiger partial charge in [-0.2, -0.15) is 5.10 Å². The first-order valence-corrected chi connectivity index (χ1v) is 7.95. The summed E-state index contributed by atoms with van der Waals surface area (Å²) in [6.07, 6.45) is 3.20. The fourth-order valence-electron chi connectivity index (χ4n) is 3.16. The maximum atomic E-state index is 12.6. The second kappa shape index (κ2) is 6.36. The molecule has 23 heavy (non-hydrogen) atoms. The maximum Gasteiger partial charge on any atom is 0.257 e. The number of aryl methyl sites for hydroxylation is 2. The first-order chi connectivity index (χ1) is 11.1. The van der Waals surface area contributed by atoms with Crippen molar-refractivity contribution in [1.29, 1.82) is 0 Å². The molecule has 2 aromatic rings. The van der Waals surface area contributed by atoms with Crippen LogP contribution in [0.25, 0.3) is 0 Å². The van der Waals surface area contributed by atoms with Crippen LogP contribution in [-0.2, 0) is 7.05 Å². The Morgan fingerprint density at radius 2 is 1.78 bits per heavy atom. The van der Waals surface area contributed by atoms with E-state index in [-0.39, 0.29) is 17.6 Å². The van der Waals surface area contributed by atoms with Gasteiger partial charge in [0.2, 0.25) is 0 Å². The number of likely N-dealkylation sites (tertiary alicyclic amines) is 1. The second-order valence-electron chi connectivity index (χ2n) is 6.10. The normalized spacial score (nSPS) is 15.7. The van der Waals surface area contributed by atoms with Crippen molar-refractivity contribution in [3.8, 4) is 0 Å². The molecule has 1 aromatic heterocycles. The number of ketones is 1. The van der Waals surface area contributed by atoms with Crippen molar-refractivity contribution in [3.05, 3.63) is 53.3 Å². The molecule has 0 unspecified atom stereocenters. The van der Waals surface area contributed by atoms with Crippen LogP contribution in [-0.4, -0.2) is 39.5 Å². The van der Waals surface area contributed by atoms with E-state index in [1.54, 1.807) is 10.9 Å².